The second kappa shape index (κ2) is 23.3. The molecule has 11 heteroatoms. The second-order valence-electron chi connectivity index (χ2n) is 7.93. The first-order chi connectivity index (χ1) is 18.4. The Morgan fingerprint density at radius 1 is 0.725 bits per heavy atom. The maximum absolute atomic E-state index is 11.5. The quantitative estimate of drug-likeness (QED) is 0.288. The van der Waals surface area contributed by atoms with E-state index in [9.17, 15) is 14.4 Å². The zero-order valence-electron chi connectivity index (χ0n) is 23.3. The topological polar surface area (TPSA) is 129 Å². The van der Waals surface area contributed by atoms with Crippen molar-refractivity contribution in [2.24, 2.45) is 0 Å². The van der Waals surface area contributed by atoms with Crippen molar-refractivity contribution >= 4 is 42.7 Å². The van der Waals surface area contributed by atoms with E-state index in [2.05, 4.69) is 15.0 Å². The SMILES string of the molecule is CCC(C(=O)O)c1cccnc1.CCOC(=O)C(CC)c1cccnc1.CCOC(=O)Cc1cccnc1.Cl.Cl. The van der Waals surface area contributed by atoms with E-state index in [0.717, 1.165) is 23.1 Å². The lowest BCUT2D eigenvalue weighted by molar-refractivity contribution is -0.145. The van der Waals surface area contributed by atoms with Gasteiger partial charge in [-0.05, 0) is 61.6 Å². The molecule has 0 spiro atoms. The van der Waals surface area contributed by atoms with Crippen molar-refractivity contribution in [2.45, 2.75) is 58.8 Å². The van der Waals surface area contributed by atoms with Crippen molar-refractivity contribution in [1.29, 1.82) is 0 Å². The largest absolute Gasteiger partial charge is 0.481 e. The molecule has 0 aliphatic rings. The molecule has 0 aliphatic carbocycles. The van der Waals surface area contributed by atoms with E-state index < -0.39 is 11.9 Å². The summed E-state index contributed by atoms with van der Waals surface area (Å²) in [4.78, 5) is 44.9. The minimum Gasteiger partial charge on any atom is -0.481 e. The fraction of sp³-hybridized carbons (Fsp3) is 0.379. The third-order valence-corrected chi connectivity index (χ3v) is 5.24. The molecule has 0 bridgehead atoms. The summed E-state index contributed by atoms with van der Waals surface area (Å²) in [5.74, 6) is -1.75. The van der Waals surface area contributed by atoms with Crippen LogP contribution >= 0.6 is 24.8 Å². The first kappa shape index (κ1) is 38.6. The number of aromatic nitrogens is 3. The average molecular weight is 597 g/mol. The van der Waals surface area contributed by atoms with Crippen LogP contribution in [-0.2, 0) is 30.3 Å². The maximum Gasteiger partial charge on any atom is 0.313 e. The van der Waals surface area contributed by atoms with Crippen LogP contribution in [0.25, 0.3) is 0 Å². The van der Waals surface area contributed by atoms with Gasteiger partial charge in [0.2, 0.25) is 0 Å². The van der Waals surface area contributed by atoms with E-state index in [1.54, 1.807) is 62.3 Å². The lowest BCUT2D eigenvalue weighted by atomic mass is 9.98. The standard InChI is InChI=1S/C11H15NO2.2C9H11NO2.2ClH/c1-3-10(11(13)14-4-2)9-6-5-7-12-8-9;1-2-12-9(11)6-8-4-3-5-10-7-8;1-2-8(9(11)12)7-4-3-5-10-6-7;;/h5-8,10H,3-4H2,1-2H3;3-5,7H,2,6H2,1H3;3-6,8H,2H2,1H3,(H,11,12);2*1H. The summed E-state index contributed by atoms with van der Waals surface area (Å²) in [5, 5.41) is 8.80. The number of esters is 2. The molecule has 9 nitrogen and oxygen atoms in total. The summed E-state index contributed by atoms with van der Waals surface area (Å²) < 4.78 is 9.76. The summed E-state index contributed by atoms with van der Waals surface area (Å²) in [6.45, 7) is 8.28. The van der Waals surface area contributed by atoms with Crippen molar-refractivity contribution in [3.05, 3.63) is 90.3 Å². The molecule has 2 atom stereocenters. The van der Waals surface area contributed by atoms with E-state index in [1.807, 2.05) is 39.0 Å². The van der Waals surface area contributed by atoms with Gasteiger partial charge in [-0.3, -0.25) is 29.3 Å². The fourth-order valence-electron chi connectivity index (χ4n) is 3.38. The number of ether oxygens (including phenoxy) is 2. The summed E-state index contributed by atoms with van der Waals surface area (Å²) in [5.41, 5.74) is 2.58. The molecule has 3 aromatic rings. The van der Waals surface area contributed by atoms with Crippen LogP contribution in [0.2, 0.25) is 0 Å². The maximum atomic E-state index is 11.5. The van der Waals surface area contributed by atoms with Gasteiger partial charge in [0.05, 0.1) is 31.5 Å². The van der Waals surface area contributed by atoms with E-state index >= 15 is 0 Å². The molecule has 0 amide bonds. The molecule has 0 aliphatic heterocycles. The molecule has 3 rings (SSSR count). The number of carboxylic acid groups (broad SMARTS) is 1. The zero-order chi connectivity index (χ0) is 28.2. The van der Waals surface area contributed by atoms with E-state index in [1.165, 1.54) is 0 Å². The van der Waals surface area contributed by atoms with Crippen LogP contribution in [0.1, 0.15) is 69.1 Å². The molecule has 0 saturated heterocycles. The van der Waals surface area contributed by atoms with Gasteiger partial charge >= 0.3 is 17.9 Å². The molecule has 0 fully saturated rings. The summed E-state index contributed by atoms with van der Waals surface area (Å²) in [7, 11) is 0. The zero-order valence-corrected chi connectivity index (χ0v) is 24.9. The first-order valence-corrected chi connectivity index (χ1v) is 12.6. The highest BCUT2D eigenvalue weighted by Crippen LogP contribution is 2.20. The molecule has 0 saturated carbocycles. The summed E-state index contributed by atoms with van der Waals surface area (Å²) in [6, 6.07) is 10.9. The third kappa shape index (κ3) is 15.1. The Balaban J connectivity index is 0. The number of pyridine rings is 3. The van der Waals surface area contributed by atoms with E-state index in [0.29, 0.717) is 26.1 Å². The Bertz CT molecular complexity index is 1070. The molecule has 2 unspecified atom stereocenters. The Hall–Kier alpha value is -3.56. The molecule has 0 radical (unpaired) electrons. The highest BCUT2D eigenvalue weighted by molar-refractivity contribution is 5.85. The fourth-order valence-corrected chi connectivity index (χ4v) is 3.38. The number of hydrogen-bond acceptors (Lipinski definition) is 8. The molecule has 0 aromatic carbocycles. The lowest BCUT2D eigenvalue weighted by Crippen LogP contribution is -2.15. The molecule has 220 valence electrons. The Labute approximate surface area is 248 Å². The molecular weight excluding hydrogens is 557 g/mol. The van der Waals surface area contributed by atoms with E-state index in [4.69, 9.17) is 14.6 Å². The number of carbonyl (C=O) groups is 3. The number of carboxylic acids is 1. The van der Waals surface area contributed by atoms with Crippen LogP contribution in [0.5, 0.6) is 0 Å². The van der Waals surface area contributed by atoms with Crippen LogP contribution in [0, 0.1) is 0 Å². The van der Waals surface area contributed by atoms with Gasteiger partial charge in [-0.15, -0.1) is 24.8 Å². The number of rotatable bonds is 10. The van der Waals surface area contributed by atoms with Gasteiger partial charge in [-0.25, -0.2) is 0 Å². The smallest absolute Gasteiger partial charge is 0.313 e. The van der Waals surface area contributed by atoms with Crippen molar-refractivity contribution < 1.29 is 29.0 Å². The molecule has 40 heavy (non-hydrogen) atoms. The minimum absolute atomic E-state index is 0. The number of aliphatic carboxylic acids is 1. The average Bonchev–Trinajstić information content (AvgIpc) is 2.92. The highest BCUT2D eigenvalue weighted by Gasteiger charge is 2.19. The van der Waals surface area contributed by atoms with Crippen LogP contribution in [0.4, 0.5) is 0 Å². The predicted octanol–water partition coefficient (Wildman–Crippen LogP) is 5.83. The van der Waals surface area contributed by atoms with Gasteiger partial charge in [0.1, 0.15) is 0 Å². The van der Waals surface area contributed by atoms with Crippen LogP contribution in [0.15, 0.2) is 73.6 Å². The molecule has 3 heterocycles. The van der Waals surface area contributed by atoms with E-state index in [-0.39, 0.29) is 42.7 Å². The summed E-state index contributed by atoms with van der Waals surface area (Å²) >= 11 is 0. The van der Waals surface area contributed by atoms with Gasteiger partial charge in [-0.1, -0.05) is 32.0 Å². The lowest BCUT2D eigenvalue weighted by Gasteiger charge is -2.12. The van der Waals surface area contributed by atoms with Gasteiger partial charge in [0.25, 0.3) is 0 Å². The minimum atomic E-state index is -0.787. The summed E-state index contributed by atoms with van der Waals surface area (Å²) in [6.07, 6.45) is 11.6. The van der Waals surface area contributed by atoms with Crippen LogP contribution in [0.3, 0.4) is 0 Å². The normalized spacial score (nSPS) is 10.8. The Morgan fingerprint density at radius 3 is 1.57 bits per heavy atom. The van der Waals surface area contributed by atoms with Gasteiger partial charge in [0, 0.05) is 37.2 Å². The van der Waals surface area contributed by atoms with Gasteiger partial charge < -0.3 is 14.6 Å². The van der Waals surface area contributed by atoms with Crippen LogP contribution < -0.4 is 0 Å². The number of nitrogens with zero attached hydrogens (tertiary/aromatic N) is 3. The van der Waals surface area contributed by atoms with Crippen molar-refractivity contribution in [2.75, 3.05) is 13.2 Å². The van der Waals surface area contributed by atoms with Crippen LogP contribution in [-0.4, -0.2) is 51.2 Å². The van der Waals surface area contributed by atoms with Crippen molar-refractivity contribution in [3.8, 4) is 0 Å². The Kier molecular flexibility index (Phi) is 22.5. The Morgan fingerprint density at radius 2 is 1.20 bits per heavy atom. The third-order valence-electron chi connectivity index (χ3n) is 5.24. The highest BCUT2D eigenvalue weighted by atomic mass is 35.5. The number of hydrogen-bond donors (Lipinski definition) is 1. The molecule has 1 N–H and O–H groups in total. The van der Waals surface area contributed by atoms with Crippen molar-refractivity contribution in [1.82, 2.24) is 15.0 Å². The van der Waals surface area contributed by atoms with Crippen molar-refractivity contribution in [3.63, 3.8) is 0 Å². The molecule has 3 aromatic heterocycles. The monoisotopic (exact) mass is 595 g/mol. The first-order valence-electron chi connectivity index (χ1n) is 12.6. The van der Waals surface area contributed by atoms with Gasteiger partial charge in [-0.2, -0.15) is 0 Å². The van der Waals surface area contributed by atoms with Gasteiger partial charge in [0.15, 0.2) is 0 Å². The number of halogens is 2. The predicted molar refractivity (Wildman–Crippen MR) is 158 cm³/mol. The second-order valence-corrected chi connectivity index (χ2v) is 7.93. The molecular formula is C29H39Cl2N3O6. The number of carbonyl (C=O) groups excluding carboxylic acids is 2.